The van der Waals surface area contributed by atoms with Gasteiger partial charge in [0.05, 0.1) is 6.54 Å². The van der Waals surface area contributed by atoms with Crippen molar-refractivity contribution in [2.75, 3.05) is 26.2 Å². The first-order valence-corrected chi connectivity index (χ1v) is 10.5. The van der Waals surface area contributed by atoms with Crippen LogP contribution in [-0.4, -0.2) is 36.0 Å². The summed E-state index contributed by atoms with van der Waals surface area (Å²) in [6.07, 6.45) is 1.42. The molecule has 156 valence electrons. The zero-order chi connectivity index (χ0) is 20.8. The molecule has 2 heterocycles. The standard InChI is InChI=1S/C24H25ClN2O3/c25-21-8-6-20(7-9-21)17-30-24-18-29-22(14-23(24)28)16-27-12-10-26(11-13-27)15-19-4-2-1-3-5-19/h1-9,14,18H,10-13,15-17H2. The van der Waals surface area contributed by atoms with E-state index in [1.807, 2.05) is 18.2 Å². The molecule has 0 unspecified atom stereocenters. The van der Waals surface area contributed by atoms with Gasteiger partial charge < -0.3 is 9.15 Å². The van der Waals surface area contributed by atoms with E-state index in [1.165, 1.54) is 17.9 Å². The Bertz CT molecular complexity index is 997. The van der Waals surface area contributed by atoms with Crippen molar-refractivity contribution in [3.05, 3.63) is 99.1 Å². The Morgan fingerprint density at radius 2 is 1.53 bits per heavy atom. The van der Waals surface area contributed by atoms with Crippen LogP contribution in [0.15, 0.2) is 76.1 Å². The van der Waals surface area contributed by atoms with Gasteiger partial charge in [-0.1, -0.05) is 54.1 Å². The lowest BCUT2D eigenvalue weighted by Gasteiger charge is -2.34. The van der Waals surface area contributed by atoms with Crippen LogP contribution in [0.4, 0.5) is 0 Å². The number of piperazine rings is 1. The maximum atomic E-state index is 12.4. The van der Waals surface area contributed by atoms with Crippen LogP contribution >= 0.6 is 11.6 Å². The molecule has 4 rings (SSSR count). The van der Waals surface area contributed by atoms with E-state index in [0.29, 0.717) is 23.9 Å². The van der Waals surface area contributed by atoms with Crippen LogP contribution in [0.3, 0.4) is 0 Å². The summed E-state index contributed by atoms with van der Waals surface area (Å²) in [6, 6.07) is 19.4. The lowest BCUT2D eigenvalue weighted by atomic mass is 10.2. The maximum absolute atomic E-state index is 12.4. The molecule has 0 radical (unpaired) electrons. The number of halogens is 1. The molecule has 3 aromatic rings. The highest BCUT2D eigenvalue weighted by Crippen LogP contribution is 2.15. The van der Waals surface area contributed by atoms with Crippen molar-refractivity contribution in [1.82, 2.24) is 9.80 Å². The van der Waals surface area contributed by atoms with E-state index in [4.69, 9.17) is 20.8 Å². The third-order valence-corrected chi connectivity index (χ3v) is 5.51. The van der Waals surface area contributed by atoms with Gasteiger partial charge in [0.15, 0.2) is 0 Å². The van der Waals surface area contributed by atoms with E-state index in [2.05, 4.69) is 34.1 Å². The Hall–Kier alpha value is -2.60. The molecule has 0 spiro atoms. The fourth-order valence-electron chi connectivity index (χ4n) is 3.54. The van der Waals surface area contributed by atoms with Crippen molar-refractivity contribution in [3.63, 3.8) is 0 Å². The minimum atomic E-state index is -0.159. The maximum Gasteiger partial charge on any atom is 0.227 e. The highest BCUT2D eigenvalue weighted by Gasteiger charge is 2.18. The lowest BCUT2D eigenvalue weighted by molar-refractivity contribution is 0.115. The minimum absolute atomic E-state index is 0.159. The number of hydrogen-bond donors (Lipinski definition) is 0. The van der Waals surface area contributed by atoms with Crippen molar-refractivity contribution in [3.8, 4) is 5.75 Å². The first kappa shape index (κ1) is 20.7. The predicted octanol–water partition coefficient (Wildman–Crippen LogP) is 4.19. The van der Waals surface area contributed by atoms with Crippen LogP contribution in [0.1, 0.15) is 16.9 Å². The van der Waals surface area contributed by atoms with E-state index >= 15 is 0 Å². The second-order valence-electron chi connectivity index (χ2n) is 7.53. The Morgan fingerprint density at radius 3 is 2.20 bits per heavy atom. The SMILES string of the molecule is O=c1cc(CN2CCN(Cc3ccccc3)CC2)occ1OCc1ccc(Cl)cc1. The van der Waals surface area contributed by atoms with Crippen LogP contribution in [0.2, 0.25) is 5.02 Å². The molecule has 0 bridgehead atoms. The molecule has 0 atom stereocenters. The Labute approximate surface area is 181 Å². The number of nitrogens with zero attached hydrogens (tertiary/aromatic N) is 2. The molecule has 0 amide bonds. The molecule has 6 heteroatoms. The molecule has 1 aliphatic rings. The van der Waals surface area contributed by atoms with Crippen molar-refractivity contribution >= 4 is 11.6 Å². The van der Waals surface area contributed by atoms with Crippen molar-refractivity contribution in [1.29, 1.82) is 0 Å². The van der Waals surface area contributed by atoms with Crippen LogP contribution in [0.5, 0.6) is 5.75 Å². The molecule has 1 aromatic heterocycles. The predicted molar refractivity (Wildman–Crippen MR) is 118 cm³/mol. The molecule has 1 fully saturated rings. The molecular formula is C24H25ClN2O3. The molecule has 5 nitrogen and oxygen atoms in total. The van der Waals surface area contributed by atoms with E-state index in [9.17, 15) is 4.79 Å². The van der Waals surface area contributed by atoms with Gasteiger partial charge in [0.25, 0.3) is 0 Å². The lowest BCUT2D eigenvalue weighted by Crippen LogP contribution is -2.45. The van der Waals surface area contributed by atoms with Gasteiger partial charge in [0, 0.05) is 43.8 Å². The normalized spacial score (nSPS) is 15.2. The molecule has 0 aliphatic carbocycles. The fourth-order valence-corrected chi connectivity index (χ4v) is 3.66. The van der Waals surface area contributed by atoms with E-state index in [1.54, 1.807) is 12.1 Å². The number of hydrogen-bond acceptors (Lipinski definition) is 5. The van der Waals surface area contributed by atoms with E-state index < -0.39 is 0 Å². The summed E-state index contributed by atoms with van der Waals surface area (Å²) in [5, 5.41) is 0.670. The quantitative estimate of drug-likeness (QED) is 0.569. The van der Waals surface area contributed by atoms with Crippen LogP contribution < -0.4 is 10.2 Å². The first-order chi connectivity index (χ1) is 14.7. The Morgan fingerprint density at radius 1 is 0.867 bits per heavy atom. The van der Waals surface area contributed by atoms with Gasteiger partial charge >= 0.3 is 0 Å². The van der Waals surface area contributed by atoms with Crippen LogP contribution in [0, 0.1) is 0 Å². The molecule has 1 aliphatic heterocycles. The third-order valence-electron chi connectivity index (χ3n) is 5.25. The number of ether oxygens (including phenoxy) is 1. The summed E-state index contributed by atoms with van der Waals surface area (Å²) in [6.45, 7) is 5.81. The Kier molecular flexibility index (Phi) is 6.84. The summed E-state index contributed by atoms with van der Waals surface area (Å²) < 4.78 is 11.3. The first-order valence-electron chi connectivity index (χ1n) is 10.1. The highest BCUT2D eigenvalue weighted by molar-refractivity contribution is 6.30. The molecule has 0 saturated carbocycles. The van der Waals surface area contributed by atoms with Gasteiger partial charge in [-0.25, -0.2) is 0 Å². The van der Waals surface area contributed by atoms with Crippen molar-refractivity contribution in [2.24, 2.45) is 0 Å². The van der Waals surface area contributed by atoms with Gasteiger partial charge in [0.2, 0.25) is 11.2 Å². The molecule has 30 heavy (non-hydrogen) atoms. The minimum Gasteiger partial charge on any atom is -0.482 e. The summed E-state index contributed by atoms with van der Waals surface area (Å²) in [5.41, 5.74) is 2.12. The molecule has 1 saturated heterocycles. The topological polar surface area (TPSA) is 45.9 Å². The van der Waals surface area contributed by atoms with Crippen molar-refractivity contribution in [2.45, 2.75) is 19.7 Å². The number of benzene rings is 2. The summed E-state index contributed by atoms with van der Waals surface area (Å²) >= 11 is 5.88. The van der Waals surface area contributed by atoms with Gasteiger partial charge in [0.1, 0.15) is 18.6 Å². The van der Waals surface area contributed by atoms with E-state index in [0.717, 1.165) is 38.3 Å². The summed E-state index contributed by atoms with van der Waals surface area (Å²) in [4.78, 5) is 17.1. The third kappa shape index (κ3) is 5.72. The smallest absolute Gasteiger partial charge is 0.227 e. The summed E-state index contributed by atoms with van der Waals surface area (Å²) in [7, 11) is 0. The average Bonchev–Trinajstić information content (AvgIpc) is 2.76. The average molecular weight is 425 g/mol. The van der Waals surface area contributed by atoms with Gasteiger partial charge in [-0.3, -0.25) is 14.6 Å². The second kappa shape index (κ2) is 9.94. The van der Waals surface area contributed by atoms with Gasteiger partial charge in [-0.2, -0.15) is 0 Å². The zero-order valence-corrected chi connectivity index (χ0v) is 17.6. The number of rotatable bonds is 7. The summed E-state index contributed by atoms with van der Waals surface area (Å²) in [5.74, 6) is 0.886. The second-order valence-corrected chi connectivity index (χ2v) is 7.96. The van der Waals surface area contributed by atoms with Gasteiger partial charge in [-0.05, 0) is 23.3 Å². The molecule has 0 N–H and O–H groups in total. The van der Waals surface area contributed by atoms with Crippen LogP contribution in [0.25, 0.3) is 0 Å². The zero-order valence-electron chi connectivity index (χ0n) is 16.8. The molecular weight excluding hydrogens is 400 g/mol. The van der Waals surface area contributed by atoms with Crippen molar-refractivity contribution < 1.29 is 9.15 Å². The monoisotopic (exact) mass is 424 g/mol. The highest BCUT2D eigenvalue weighted by atomic mass is 35.5. The van der Waals surface area contributed by atoms with Crippen LogP contribution in [-0.2, 0) is 19.7 Å². The fraction of sp³-hybridized carbons (Fsp3) is 0.292. The molecule has 2 aromatic carbocycles. The Balaban J connectivity index is 1.26. The van der Waals surface area contributed by atoms with E-state index in [-0.39, 0.29) is 11.2 Å². The largest absolute Gasteiger partial charge is 0.482 e. The van der Waals surface area contributed by atoms with Gasteiger partial charge in [-0.15, -0.1) is 0 Å².